The first-order valence-electron chi connectivity index (χ1n) is 4.98. The van der Waals surface area contributed by atoms with Gasteiger partial charge in [0.15, 0.2) is 0 Å². The Kier molecular flexibility index (Phi) is 3.90. The van der Waals surface area contributed by atoms with E-state index in [2.05, 4.69) is 10.7 Å². The lowest BCUT2D eigenvalue weighted by Crippen LogP contribution is -2.49. The number of hydrogen-bond donors (Lipinski definition) is 3. The number of rotatable bonds is 3. The summed E-state index contributed by atoms with van der Waals surface area (Å²) in [6.07, 6.45) is 2.23. The number of aliphatic carboxylic acids is 1. The van der Waals surface area contributed by atoms with E-state index in [1.807, 2.05) is 0 Å². The third-order valence-electron chi connectivity index (χ3n) is 2.47. The number of carbonyl (C=O) groups excluding carboxylic acids is 1. The van der Waals surface area contributed by atoms with Crippen LogP contribution in [0.5, 0.6) is 0 Å². The lowest BCUT2D eigenvalue weighted by molar-refractivity contribution is -0.142. The van der Waals surface area contributed by atoms with Crippen LogP contribution in [-0.2, 0) is 4.79 Å². The maximum absolute atomic E-state index is 11.3. The molecule has 1 aliphatic rings. The van der Waals surface area contributed by atoms with Gasteiger partial charge in [0.2, 0.25) is 0 Å². The first-order valence-corrected chi connectivity index (χ1v) is 4.98. The number of hydrazine groups is 1. The summed E-state index contributed by atoms with van der Waals surface area (Å²) in [5, 5.41) is 13.1. The topological polar surface area (TPSA) is 81.7 Å². The largest absolute Gasteiger partial charge is 0.481 e. The van der Waals surface area contributed by atoms with Crippen molar-refractivity contribution in [1.82, 2.24) is 15.8 Å². The Hall–Kier alpha value is -1.30. The predicted molar refractivity (Wildman–Crippen MR) is 54.1 cm³/mol. The monoisotopic (exact) mass is 215 g/mol. The fourth-order valence-corrected chi connectivity index (χ4v) is 1.83. The van der Waals surface area contributed by atoms with Gasteiger partial charge in [-0.2, -0.15) is 0 Å². The van der Waals surface area contributed by atoms with Crippen LogP contribution in [0.1, 0.15) is 19.3 Å². The molecule has 86 valence electrons. The predicted octanol–water partition coefficient (Wildman–Crippen LogP) is 0.0155. The molecule has 0 saturated heterocycles. The smallest absolute Gasteiger partial charge is 0.329 e. The highest BCUT2D eigenvalue weighted by molar-refractivity contribution is 5.76. The van der Waals surface area contributed by atoms with Gasteiger partial charge in [0.05, 0.1) is 5.92 Å². The van der Waals surface area contributed by atoms with E-state index >= 15 is 0 Å². The SMILES string of the molecule is CN(C)NC(=O)NC1CCCC1C(=O)O. The molecule has 1 saturated carbocycles. The van der Waals surface area contributed by atoms with Crippen LogP contribution in [0.25, 0.3) is 0 Å². The van der Waals surface area contributed by atoms with Crippen LogP contribution in [-0.4, -0.2) is 42.3 Å². The van der Waals surface area contributed by atoms with Crippen LogP contribution < -0.4 is 10.7 Å². The molecule has 2 unspecified atom stereocenters. The first-order chi connectivity index (χ1) is 7.00. The summed E-state index contributed by atoms with van der Waals surface area (Å²) in [7, 11) is 3.39. The van der Waals surface area contributed by atoms with Crippen LogP contribution >= 0.6 is 0 Å². The third-order valence-corrected chi connectivity index (χ3v) is 2.47. The maximum atomic E-state index is 11.3. The Balaban J connectivity index is 2.43. The number of hydrogen-bond acceptors (Lipinski definition) is 3. The molecular formula is C9H17N3O3. The lowest BCUT2D eigenvalue weighted by Gasteiger charge is -2.19. The molecule has 0 radical (unpaired) electrons. The minimum absolute atomic E-state index is 0.248. The number of amides is 2. The highest BCUT2D eigenvalue weighted by Gasteiger charge is 2.33. The molecule has 15 heavy (non-hydrogen) atoms. The van der Waals surface area contributed by atoms with Crippen molar-refractivity contribution in [1.29, 1.82) is 0 Å². The van der Waals surface area contributed by atoms with Gasteiger partial charge in [-0.3, -0.25) is 10.2 Å². The number of carboxylic acids is 1. The summed E-state index contributed by atoms with van der Waals surface area (Å²) in [6, 6.07) is -0.597. The highest BCUT2D eigenvalue weighted by atomic mass is 16.4. The number of carbonyl (C=O) groups is 2. The second kappa shape index (κ2) is 4.97. The zero-order chi connectivity index (χ0) is 11.4. The van der Waals surface area contributed by atoms with Gasteiger partial charge in [0, 0.05) is 20.1 Å². The van der Waals surface area contributed by atoms with E-state index in [0.29, 0.717) is 6.42 Å². The Morgan fingerprint density at radius 1 is 1.33 bits per heavy atom. The van der Waals surface area contributed by atoms with Gasteiger partial charge in [-0.1, -0.05) is 6.42 Å². The lowest BCUT2D eigenvalue weighted by atomic mass is 10.0. The van der Waals surface area contributed by atoms with Crippen molar-refractivity contribution in [2.45, 2.75) is 25.3 Å². The Morgan fingerprint density at radius 2 is 2.00 bits per heavy atom. The molecule has 6 heteroatoms. The summed E-state index contributed by atoms with van der Waals surface area (Å²) in [6.45, 7) is 0. The number of nitrogens with zero attached hydrogens (tertiary/aromatic N) is 1. The van der Waals surface area contributed by atoms with Gasteiger partial charge in [-0.25, -0.2) is 9.80 Å². The summed E-state index contributed by atoms with van der Waals surface area (Å²) in [4.78, 5) is 22.2. The van der Waals surface area contributed by atoms with Crippen LogP contribution in [0.4, 0.5) is 4.79 Å². The Morgan fingerprint density at radius 3 is 2.53 bits per heavy atom. The number of urea groups is 1. The third kappa shape index (κ3) is 3.39. The van der Waals surface area contributed by atoms with Crippen molar-refractivity contribution >= 4 is 12.0 Å². The Labute approximate surface area is 88.6 Å². The molecule has 2 amide bonds. The van der Waals surface area contributed by atoms with Crippen LogP contribution in [0, 0.1) is 5.92 Å². The van der Waals surface area contributed by atoms with Crippen molar-refractivity contribution in [2.24, 2.45) is 5.92 Å². The average Bonchev–Trinajstić information content (AvgIpc) is 2.50. The molecule has 0 aromatic rings. The van der Waals surface area contributed by atoms with E-state index in [1.165, 1.54) is 5.01 Å². The van der Waals surface area contributed by atoms with E-state index in [-0.39, 0.29) is 12.1 Å². The zero-order valence-corrected chi connectivity index (χ0v) is 8.99. The average molecular weight is 215 g/mol. The minimum Gasteiger partial charge on any atom is -0.481 e. The van der Waals surface area contributed by atoms with E-state index in [1.54, 1.807) is 14.1 Å². The molecule has 0 aromatic carbocycles. The molecule has 6 nitrogen and oxygen atoms in total. The minimum atomic E-state index is -0.831. The fourth-order valence-electron chi connectivity index (χ4n) is 1.83. The van der Waals surface area contributed by atoms with Crippen molar-refractivity contribution in [3.05, 3.63) is 0 Å². The van der Waals surface area contributed by atoms with Gasteiger partial charge < -0.3 is 10.4 Å². The van der Waals surface area contributed by atoms with Crippen molar-refractivity contribution in [3.63, 3.8) is 0 Å². The standard InChI is InChI=1S/C9H17N3O3/c1-12(2)11-9(15)10-7-5-3-4-6(7)8(13)14/h6-7H,3-5H2,1-2H3,(H,13,14)(H2,10,11,15). The molecule has 0 bridgehead atoms. The van der Waals surface area contributed by atoms with Crippen molar-refractivity contribution in [3.8, 4) is 0 Å². The summed E-state index contributed by atoms with van der Waals surface area (Å²) in [5.74, 6) is -1.28. The summed E-state index contributed by atoms with van der Waals surface area (Å²) in [5.41, 5.74) is 2.52. The number of nitrogens with one attached hydrogen (secondary N) is 2. The number of carboxylic acid groups (broad SMARTS) is 1. The second-order valence-corrected chi connectivity index (χ2v) is 3.96. The second-order valence-electron chi connectivity index (χ2n) is 3.96. The van der Waals surface area contributed by atoms with Gasteiger partial charge in [-0.05, 0) is 12.8 Å². The van der Waals surface area contributed by atoms with Crippen molar-refractivity contribution in [2.75, 3.05) is 14.1 Å². The molecular weight excluding hydrogens is 198 g/mol. The van der Waals surface area contributed by atoms with E-state index < -0.39 is 11.9 Å². The van der Waals surface area contributed by atoms with Gasteiger partial charge >= 0.3 is 12.0 Å². The summed E-state index contributed by atoms with van der Waals surface area (Å²) < 4.78 is 0. The molecule has 1 rings (SSSR count). The first kappa shape index (κ1) is 11.8. The Bertz CT molecular complexity index is 255. The highest BCUT2D eigenvalue weighted by Crippen LogP contribution is 2.25. The van der Waals surface area contributed by atoms with Crippen LogP contribution in [0.15, 0.2) is 0 Å². The molecule has 0 aliphatic heterocycles. The van der Waals surface area contributed by atoms with Gasteiger partial charge in [0.25, 0.3) is 0 Å². The molecule has 1 fully saturated rings. The van der Waals surface area contributed by atoms with Gasteiger partial charge in [0.1, 0.15) is 0 Å². The fraction of sp³-hybridized carbons (Fsp3) is 0.778. The maximum Gasteiger partial charge on any atom is 0.329 e. The molecule has 0 spiro atoms. The van der Waals surface area contributed by atoms with Gasteiger partial charge in [-0.15, -0.1) is 0 Å². The molecule has 0 aromatic heterocycles. The van der Waals surface area contributed by atoms with E-state index in [0.717, 1.165) is 12.8 Å². The molecule has 1 aliphatic carbocycles. The van der Waals surface area contributed by atoms with Crippen LogP contribution in [0.3, 0.4) is 0 Å². The van der Waals surface area contributed by atoms with Crippen LogP contribution in [0.2, 0.25) is 0 Å². The molecule has 0 heterocycles. The zero-order valence-electron chi connectivity index (χ0n) is 8.99. The quantitative estimate of drug-likeness (QED) is 0.579. The van der Waals surface area contributed by atoms with E-state index in [4.69, 9.17) is 5.11 Å². The molecule has 2 atom stereocenters. The normalized spacial score (nSPS) is 25.3. The summed E-state index contributed by atoms with van der Waals surface area (Å²) >= 11 is 0. The van der Waals surface area contributed by atoms with E-state index in [9.17, 15) is 9.59 Å². The van der Waals surface area contributed by atoms with Crippen molar-refractivity contribution < 1.29 is 14.7 Å². The molecule has 3 N–H and O–H groups in total.